The van der Waals surface area contributed by atoms with Crippen LogP contribution in [-0.4, -0.2) is 26.1 Å². The predicted octanol–water partition coefficient (Wildman–Crippen LogP) is 3.43. The van der Waals surface area contributed by atoms with Gasteiger partial charge in [0.1, 0.15) is 0 Å². The van der Waals surface area contributed by atoms with E-state index in [1.54, 1.807) is 24.5 Å². The van der Waals surface area contributed by atoms with Gasteiger partial charge >= 0.3 is 0 Å². The van der Waals surface area contributed by atoms with Crippen molar-refractivity contribution in [1.82, 2.24) is 20.2 Å². The topological polar surface area (TPSA) is 96.7 Å². The molecule has 0 bridgehead atoms. The second-order valence-electron chi connectivity index (χ2n) is 5.52. The summed E-state index contributed by atoms with van der Waals surface area (Å²) in [5.74, 6) is 0.817. The molecule has 2 heterocycles. The molecule has 2 aromatic heterocycles. The van der Waals surface area contributed by atoms with E-state index >= 15 is 0 Å². The van der Waals surface area contributed by atoms with Gasteiger partial charge in [0.05, 0.1) is 17.4 Å². The molecule has 0 unspecified atom stereocenters. The summed E-state index contributed by atoms with van der Waals surface area (Å²) in [7, 11) is 0. The first-order valence-corrected chi connectivity index (χ1v) is 7.90. The number of nitrogens with one attached hydrogen (secondary N) is 2. The lowest BCUT2D eigenvalue weighted by Crippen LogP contribution is -2.11. The first kappa shape index (κ1) is 15.1. The number of rotatable bonds is 4. The molecule has 25 heavy (non-hydrogen) atoms. The molecule has 1 amide bonds. The molecule has 2 aromatic carbocycles. The molecular weight excluding hydrogens is 318 g/mol. The van der Waals surface area contributed by atoms with Crippen LogP contribution in [0.25, 0.3) is 22.5 Å². The number of benzene rings is 2. The van der Waals surface area contributed by atoms with E-state index in [4.69, 9.17) is 4.42 Å². The highest BCUT2D eigenvalue weighted by molar-refractivity contribution is 6.06. The Balaban J connectivity index is 1.57. The van der Waals surface area contributed by atoms with Crippen molar-refractivity contribution in [3.63, 3.8) is 0 Å². The molecule has 0 fully saturated rings. The summed E-state index contributed by atoms with van der Waals surface area (Å²) in [5, 5.41) is 10.9. The van der Waals surface area contributed by atoms with Gasteiger partial charge in [0, 0.05) is 23.2 Å². The van der Waals surface area contributed by atoms with Gasteiger partial charge in [0.25, 0.3) is 5.91 Å². The Morgan fingerprint density at radius 2 is 2.12 bits per heavy atom. The van der Waals surface area contributed by atoms with E-state index < -0.39 is 0 Å². The molecule has 7 heteroatoms. The van der Waals surface area contributed by atoms with Gasteiger partial charge in [-0.3, -0.25) is 4.79 Å². The Kier molecular flexibility index (Phi) is 3.74. The monoisotopic (exact) mass is 333 g/mol. The van der Waals surface area contributed by atoms with Crippen LogP contribution in [0.3, 0.4) is 0 Å². The number of imidazole rings is 1. The summed E-state index contributed by atoms with van der Waals surface area (Å²) in [6.07, 6.45) is 2.28. The molecule has 0 atom stereocenters. The second-order valence-corrected chi connectivity index (χ2v) is 5.52. The lowest BCUT2D eigenvalue weighted by atomic mass is 10.1. The van der Waals surface area contributed by atoms with Crippen molar-refractivity contribution < 1.29 is 9.21 Å². The minimum atomic E-state index is -0.201. The number of amides is 1. The summed E-state index contributed by atoms with van der Waals surface area (Å²) in [6, 6.07) is 12.6. The van der Waals surface area contributed by atoms with Gasteiger partial charge in [-0.05, 0) is 36.4 Å². The van der Waals surface area contributed by atoms with Crippen LogP contribution < -0.4 is 5.32 Å². The van der Waals surface area contributed by atoms with Crippen molar-refractivity contribution in [2.24, 2.45) is 0 Å². The third kappa shape index (κ3) is 2.99. The smallest absolute Gasteiger partial charge is 0.255 e. The number of nitrogens with zero attached hydrogens (tertiary/aromatic N) is 3. The van der Waals surface area contributed by atoms with Crippen LogP contribution in [0.2, 0.25) is 0 Å². The summed E-state index contributed by atoms with van der Waals surface area (Å²) >= 11 is 0. The number of hydrogen-bond acceptors (Lipinski definition) is 5. The first-order chi connectivity index (χ1) is 12.2. The number of hydrogen-bond donors (Lipinski definition) is 2. The van der Waals surface area contributed by atoms with Crippen LogP contribution in [0.15, 0.2) is 53.2 Å². The number of aromatic amines is 1. The van der Waals surface area contributed by atoms with Gasteiger partial charge in [-0.2, -0.15) is 0 Å². The molecule has 0 aliphatic carbocycles. The van der Waals surface area contributed by atoms with Crippen LogP contribution in [0, 0.1) is 0 Å². The number of carbonyl (C=O) groups is 1. The normalized spacial score (nSPS) is 10.9. The lowest BCUT2D eigenvalue weighted by molar-refractivity contribution is 0.102. The fourth-order valence-corrected chi connectivity index (χ4v) is 2.52. The fraction of sp³-hybridized carbons (Fsp3) is 0.111. The molecule has 4 aromatic rings. The van der Waals surface area contributed by atoms with Gasteiger partial charge in [-0.25, -0.2) is 4.98 Å². The summed E-state index contributed by atoms with van der Waals surface area (Å²) < 4.78 is 5.56. The van der Waals surface area contributed by atoms with Crippen LogP contribution in [0.5, 0.6) is 0 Å². The van der Waals surface area contributed by atoms with Crippen LogP contribution in [-0.2, 0) is 6.42 Å². The van der Waals surface area contributed by atoms with E-state index in [2.05, 4.69) is 25.5 Å². The van der Waals surface area contributed by atoms with Crippen LogP contribution in [0.4, 0.5) is 5.69 Å². The quantitative estimate of drug-likeness (QED) is 0.596. The average Bonchev–Trinajstić information content (AvgIpc) is 3.30. The standard InChI is InChI=1S/C18H15N5O2/c1-2-16-22-23-18(25-16)12-4-3-5-13(8-12)21-17(24)11-6-7-14-15(9-11)20-10-19-14/h3-10H,2H2,1H3,(H,19,20)(H,21,24). The zero-order chi connectivity index (χ0) is 17.2. The maximum atomic E-state index is 12.5. The summed E-state index contributed by atoms with van der Waals surface area (Å²) in [6.45, 7) is 1.95. The SMILES string of the molecule is CCc1nnc(-c2cccc(NC(=O)c3ccc4nc[nH]c4c3)c2)o1. The molecule has 0 spiro atoms. The van der Waals surface area contributed by atoms with Crippen LogP contribution >= 0.6 is 0 Å². The highest BCUT2D eigenvalue weighted by atomic mass is 16.4. The van der Waals surface area contributed by atoms with Gasteiger partial charge in [-0.15, -0.1) is 10.2 Å². The third-order valence-electron chi connectivity index (χ3n) is 3.82. The molecule has 0 aliphatic heterocycles. The van der Waals surface area contributed by atoms with Crippen molar-refractivity contribution in [3.8, 4) is 11.5 Å². The number of fused-ring (bicyclic) bond motifs is 1. The molecule has 2 N–H and O–H groups in total. The van der Waals surface area contributed by atoms with Crippen molar-refractivity contribution in [3.05, 3.63) is 60.2 Å². The molecule has 0 aliphatic rings. The summed E-state index contributed by atoms with van der Waals surface area (Å²) in [4.78, 5) is 19.6. The van der Waals surface area contributed by atoms with Crippen molar-refractivity contribution >= 4 is 22.6 Å². The minimum Gasteiger partial charge on any atom is -0.421 e. The maximum Gasteiger partial charge on any atom is 0.255 e. The largest absolute Gasteiger partial charge is 0.421 e. The molecule has 0 saturated heterocycles. The molecule has 0 radical (unpaired) electrons. The highest BCUT2D eigenvalue weighted by Crippen LogP contribution is 2.22. The first-order valence-electron chi connectivity index (χ1n) is 7.90. The number of aromatic nitrogens is 4. The Morgan fingerprint density at radius 1 is 1.20 bits per heavy atom. The second kappa shape index (κ2) is 6.20. The van der Waals surface area contributed by atoms with Gasteiger partial charge in [0.15, 0.2) is 0 Å². The van der Waals surface area contributed by atoms with Crippen molar-refractivity contribution in [2.75, 3.05) is 5.32 Å². The predicted molar refractivity (Wildman–Crippen MR) is 93.2 cm³/mol. The van der Waals surface area contributed by atoms with E-state index in [9.17, 15) is 4.79 Å². The Bertz CT molecular complexity index is 1050. The zero-order valence-electron chi connectivity index (χ0n) is 13.5. The molecule has 124 valence electrons. The van der Waals surface area contributed by atoms with E-state index in [1.165, 1.54) is 0 Å². The van der Waals surface area contributed by atoms with E-state index in [1.807, 2.05) is 31.2 Å². The zero-order valence-corrected chi connectivity index (χ0v) is 13.5. The van der Waals surface area contributed by atoms with E-state index in [-0.39, 0.29) is 5.91 Å². The van der Waals surface area contributed by atoms with E-state index in [0.717, 1.165) is 16.6 Å². The average molecular weight is 333 g/mol. The number of anilines is 1. The highest BCUT2D eigenvalue weighted by Gasteiger charge is 2.11. The number of carbonyl (C=O) groups excluding carboxylic acids is 1. The Labute approximate surface area is 143 Å². The van der Waals surface area contributed by atoms with Gasteiger partial charge in [0.2, 0.25) is 11.8 Å². The summed E-state index contributed by atoms with van der Waals surface area (Å²) in [5.41, 5.74) is 3.60. The third-order valence-corrected chi connectivity index (χ3v) is 3.82. The fourth-order valence-electron chi connectivity index (χ4n) is 2.52. The molecule has 0 saturated carbocycles. The molecule has 4 rings (SSSR count). The van der Waals surface area contributed by atoms with Gasteiger partial charge < -0.3 is 14.7 Å². The Morgan fingerprint density at radius 3 is 2.96 bits per heavy atom. The van der Waals surface area contributed by atoms with Gasteiger partial charge in [-0.1, -0.05) is 13.0 Å². The number of H-pyrrole nitrogens is 1. The number of aryl methyl sites for hydroxylation is 1. The van der Waals surface area contributed by atoms with Crippen molar-refractivity contribution in [2.45, 2.75) is 13.3 Å². The van der Waals surface area contributed by atoms with E-state index in [0.29, 0.717) is 29.5 Å². The lowest BCUT2D eigenvalue weighted by Gasteiger charge is -2.06. The molecule has 7 nitrogen and oxygen atoms in total. The van der Waals surface area contributed by atoms with Crippen molar-refractivity contribution in [1.29, 1.82) is 0 Å². The Hall–Kier alpha value is -3.48. The van der Waals surface area contributed by atoms with Crippen LogP contribution in [0.1, 0.15) is 23.2 Å². The minimum absolute atomic E-state index is 0.201. The molecular formula is C18H15N5O2. The maximum absolute atomic E-state index is 12.5.